The largest absolute Gasteiger partial charge is 0.386 e. The Morgan fingerprint density at radius 2 is 1.73 bits per heavy atom. The Bertz CT molecular complexity index is 409. The molecule has 0 bridgehead atoms. The number of rotatable bonds is 1. The second kappa shape index (κ2) is 4.19. The minimum atomic E-state index is -1.02. The lowest BCUT2D eigenvalue weighted by Gasteiger charge is -2.21. The molecule has 2 atom stereocenters. The zero-order valence-electron chi connectivity index (χ0n) is 7.97. The summed E-state index contributed by atoms with van der Waals surface area (Å²) >= 11 is 5.98. The molecule has 0 spiro atoms. The topological polar surface area (TPSA) is 40.5 Å². The molecule has 0 heterocycles. The van der Waals surface area contributed by atoms with Crippen LogP contribution in [0.25, 0.3) is 5.57 Å². The molecule has 15 heavy (non-hydrogen) atoms. The summed E-state index contributed by atoms with van der Waals surface area (Å²) in [5, 5.41) is 19.2. The highest BCUT2D eigenvalue weighted by Crippen LogP contribution is 2.30. The molecule has 0 amide bonds. The van der Waals surface area contributed by atoms with Gasteiger partial charge in [0.2, 0.25) is 0 Å². The number of aliphatic hydroxyl groups is 2. The van der Waals surface area contributed by atoms with Crippen molar-refractivity contribution >= 4 is 17.2 Å². The van der Waals surface area contributed by atoms with Crippen LogP contribution in [0.4, 0.5) is 0 Å². The van der Waals surface area contributed by atoms with Gasteiger partial charge in [-0.25, -0.2) is 0 Å². The summed E-state index contributed by atoms with van der Waals surface area (Å²) in [4.78, 5) is 0. The monoisotopic (exact) mass is 222 g/mol. The molecule has 2 rings (SSSR count). The number of halogens is 1. The lowest BCUT2D eigenvalue weighted by atomic mass is 9.96. The van der Waals surface area contributed by atoms with Gasteiger partial charge in [-0.15, -0.1) is 0 Å². The average Bonchev–Trinajstić information content (AvgIpc) is 2.27. The SMILES string of the molecule is OC1C=CC(c2ccccc2)=C(Cl)C1O. The van der Waals surface area contributed by atoms with E-state index < -0.39 is 12.2 Å². The van der Waals surface area contributed by atoms with Gasteiger partial charge in [0, 0.05) is 0 Å². The molecule has 3 heteroatoms. The van der Waals surface area contributed by atoms with Crippen molar-refractivity contribution < 1.29 is 10.2 Å². The van der Waals surface area contributed by atoms with E-state index in [-0.39, 0.29) is 5.03 Å². The third-order valence-corrected chi connectivity index (χ3v) is 2.81. The minimum absolute atomic E-state index is 0.288. The molecule has 1 aromatic rings. The van der Waals surface area contributed by atoms with Gasteiger partial charge in [-0.1, -0.05) is 54.1 Å². The lowest BCUT2D eigenvalue weighted by Crippen LogP contribution is -2.26. The smallest absolute Gasteiger partial charge is 0.120 e. The van der Waals surface area contributed by atoms with Gasteiger partial charge in [0.15, 0.2) is 0 Å². The number of hydrogen-bond acceptors (Lipinski definition) is 2. The van der Waals surface area contributed by atoms with E-state index in [0.717, 1.165) is 11.1 Å². The quantitative estimate of drug-likeness (QED) is 0.762. The summed E-state index contributed by atoms with van der Waals surface area (Å²) < 4.78 is 0. The summed E-state index contributed by atoms with van der Waals surface area (Å²) in [5.74, 6) is 0. The van der Waals surface area contributed by atoms with Gasteiger partial charge in [0.25, 0.3) is 0 Å². The maximum Gasteiger partial charge on any atom is 0.120 e. The molecule has 0 fully saturated rings. The van der Waals surface area contributed by atoms with Gasteiger partial charge in [-0.3, -0.25) is 0 Å². The highest BCUT2D eigenvalue weighted by Gasteiger charge is 2.23. The van der Waals surface area contributed by atoms with Gasteiger partial charge >= 0.3 is 0 Å². The second-order valence-corrected chi connectivity index (χ2v) is 3.83. The van der Waals surface area contributed by atoms with E-state index in [1.165, 1.54) is 0 Å². The van der Waals surface area contributed by atoms with Crippen molar-refractivity contribution in [1.82, 2.24) is 0 Å². The molecule has 2 N–H and O–H groups in total. The molecule has 2 nitrogen and oxygen atoms in total. The zero-order chi connectivity index (χ0) is 10.8. The van der Waals surface area contributed by atoms with E-state index in [4.69, 9.17) is 11.6 Å². The van der Waals surface area contributed by atoms with Crippen molar-refractivity contribution in [1.29, 1.82) is 0 Å². The van der Waals surface area contributed by atoms with E-state index >= 15 is 0 Å². The molecular weight excluding hydrogens is 212 g/mol. The van der Waals surface area contributed by atoms with Crippen LogP contribution in [0.2, 0.25) is 0 Å². The van der Waals surface area contributed by atoms with Crippen LogP contribution in [-0.2, 0) is 0 Å². The molecule has 78 valence electrons. The first-order valence-electron chi connectivity index (χ1n) is 4.69. The van der Waals surface area contributed by atoms with E-state index in [1.54, 1.807) is 12.2 Å². The third kappa shape index (κ3) is 1.97. The van der Waals surface area contributed by atoms with Crippen molar-refractivity contribution in [2.45, 2.75) is 12.2 Å². The molecule has 2 unspecified atom stereocenters. The minimum Gasteiger partial charge on any atom is -0.386 e. The zero-order valence-corrected chi connectivity index (χ0v) is 8.72. The predicted molar refractivity (Wildman–Crippen MR) is 60.4 cm³/mol. The van der Waals surface area contributed by atoms with Crippen LogP contribution in [0.5, 0.6) is 0 Å². The highest BCUT2D eigenvalue weighted by atomic mass is 35.5. The molecule has 0 saturated carbocycles. The number of aliphatic hydroxyl groups excluding tert-OH is 2. The van der Waals surface area contributed by atoms with E-state index in [0.29, 0.717) is 0 Å². The Labute approximate surface area is 93.1 Å². The van der Waals surface area contributed by atoms with Crippen LogP contribution in [0.3, 0.4) is 0 Å². The van der Waals surface area contributed by atoms with Crippen molar-refractivity contribution in [3.63, 3.8) is 0 Å². The maximum atomic E-state index is 9.59. The third-order valence-electron chi connectivity index (χ3n) is 2.39. The van der Waals surface area contributed by atoms with E-state index in [1.807, 2.05) is 30.3 Å². The summed E-state index contributed by atoms with van der Waals surface area (Å²) in [7, 11) is 0. The van der Waals surface area contributed by atoms with Crippen LogP contribution >= 0.6 is 11.6 Å². The highest BCUT2D eigenvalue weighted by molar-refractivity contribution is 6.34. The van der Waals surface area contributed by atoms with Gasteiger partial charge in [0.1, 0.15) is 12.2 Å². The Hall–Kier alpha value is -1.09. The Morgan fingerprint density at radius 1 is 1.07 bits per heavy atom. The first kappa shape index (κ1) is 10.4. The molecule has 1 aliphatic rings. The van der Waals surface area contributed by atoms with Crippen LogP contribution in [-0.4, -0.2) is 22.4 Å². The van der Waals surface area contributed by atoms with Gasteiger partial charge in [0.05, 0.1) is 5.03 Å². The summed E-state index contributed by atoms with van der Waals surface area (Å²) in [6.45, 7) is 0. The van der Waals surface area contributed by atoms with E-state index in [9.17, 15) is 10.2 Å². The van der Waals surface area contributed by atoms with Gasteiger partial charge < -0.3 is 10.2 Å². The van der Waals surface area contributed by atoms with Crippen LogP contribution in [0, 0.1) is 0 Å². The summed E-state index contributed by atoms with van der Waals surface area (Å²) in [6.07, 6.45) is 1.34. The fourth-order valence-corrected chi connectivity index (χ4v) is 1.84. The summed E-state index contributed by atoms with van der Waals surface area (Å²) in [5.41, 5.74) is 1.69. The first-order chi connectivity index (χ1) is 7.20. The predicted octanol–water partition coefficient (Wildman–Crippen LogP) is 1.93. The molecule has 0 radical (unpaired) electrons. The van der Waals surface area contributed by atoms with Crippen molar-refractivity contribution in [3.8, 4) is 0 Å². The molecular formula is C12H11ClO2. The number of allylic oxidation sites excluding steroid dienone is 2. The van der Waals surface area contributed by atoms with Crippen molar-refractivity contribution in [2.75, 3.05) is 0 Å². The van der Waals surface area contributed by atoms with Crippen LogP contribution < -0.4 is 0 Å². The van der Waals surface area contributed by atoms with Gasteiger partial charge in [-0.2, -0.15) is 0 Å². The molecule has 0 aromatic heterocycles. The normalized spacial score (nSPS) is 25.8. The standard InChI is InChI=1S/C12H11ClO2/c13-11-9(6-7-10(14)12(11)15)8-4-2-1-3-5-8/h1-7,10,12,14-15H. The van der Waals surface area contributed by atoms with Crippen LogP contribution in [0.1, 0.15) is 5.56 Å². The van der Waals surface area contributed by atoms with Crippen molar-refractivity contribution in [3.05, 3.63) is 53.1 Å². The average molecular weight is 223 g/mol. The van der Waals surface area contributed by atoms with E-state index in [2.05, 4.69) is 0 Å². The molecule has 0 aliphatic heterocycles. The molecule has 1 aromatic carbocycles. The Kier molecular flexibility index (Phi) is 2.91. The summed E-state index contributed by atoms with van der Waals surface area (Å²) in [6, 6.07) is 9.53. The maximum absolute atomic E-state index is 9.59. The lowest BCUT2D eigenvalue weighted by molar-refractivity contribution is 0.0770. The second-order valence-electron chi connectivity index (χ2n) is 3.42. The number of hydrogen-bond donors (Lipinski definition) is 2. The Balaban J connectivity index is 2.43. The van der Waals surface area contributed by atoms with Gasteiger partial charge in [-0.05, 0) is 11.1 Å². The molecule has 1 aliphatic carbocycles. The number of benzene rings is 1. The molecule has 0 saturated heterocycles. The first-order valence-corrected chi connectivity index (χ1v) is 5.07. The Morgan fingerprint density at radius 3 is 2.40 bits per heavy atom. The fraction of sp³-hybridized carbons (Fsp3) is 0.167. The van der Waals surface area contributed by atoms with Crippen molar-refractivity contribution in [2.24, 2.45) is 0 Å². The van der Waals surface area contributed by atoms with Crippen LogP contribution in [0.15, 0.2) is 47.5 Å². The fourth-order valence-electron chi connectivity index (χ4n) is 1.54.